The van der Waals surface area contributed by atoms with Gasteiger partial charge in [0, 0.05) is 65.8 Å². The molecule has 0 spiro atoms. The molecule has 2 aromatic carbocycles. The first-order chi connectivity index (χ1) is 22.6. The Balaban J connectivity index is 1.20. The van der Waals surface area contributed by atoms with Crippen LogP contribution in [0.5, 0.6) is 5.75 Å². The molecular formula is C35H35N9O2. The van der Waals surface area contributed by atoms with Gasteiger partial charge in [0.2, 0.25) is 5.95 Å². The van der Waals surface area contributed by atoms with E-state index in [9.17, 15) is 4.79 Å². The van der Waals surface area contributed by atoms with Crippen molar-refractivity contribution in [3.8, 4) is 23.2 Å². The summed E-state index contributed by atoms with van der Waals surface area (Å²) >= 11 is 0. The molecule has 11 heteroatoms. The number of hydrogen-bond acceptors (Lipinski definition) is 7. The maximum atomic E-state index is 13.9. The maximum absolute atomic E-state index is 13.9. The number of aromatic nitrogens is 7. The third kappa shape index (κ3) is 4.40. The highest BCUT2D eigenvalue weighted by Gasteiger charge is 2.47. The zero-order valence-electron chi connectivity index (χ0n) is 25.7. The molecule has 6 aromatic rings. The van der Waals surface area contributed by atoms with Crippen LogP contribution in [0.4, 0.5) is 0 Å². The largest absolute Gasteiger partial charge is 0.494 e. The second kappa shape index (κ2) is 10.5. The molecule has 2 saturated carbocycles. The topological polar surface area (TPSA) is 122 Å². The van der Waals surface area contributed by atoms with E-state index >= 15 is 0 Å². The lowest BCUT2D eigenvalue weighted by atomic mass is 10.1. The number of imidazole rings is 1. The number of fused-ring (bicyclic) bond motifs is 4. The predicted octanol–water partition coefficient (Wildman–Crippen LogP) is 4.66. The van der Waals surface area contributed by atoms with Crippen molar-refractivity contribution in [1.82, 2.24) is 38.8 Å². The van der Waals surface area contributed by atoms with Gasteiger partial charge < -0.3 is 24.5 Å². The van der Waals surface area contributed by atoms with Gasteiger partial charge in [-0.05, 0) is 67.9 Å². The Kier molecular flexibility index (Phi) is 6.24. The van der Waals surface area contributed by atoms with Crippen LogP contribution < -0.4 is 10.5 Å². The van der Waals surface area contributed by atoms with Crippen molar-refractivity contribution < 1.29 is 9.53 Å². The summed E-state index contributed by atoms with van der Waals surface area (Å²) in [4.78, 5) is 29.9. The first kappa shape index (κ1) is 27.3. The molecule has 1 amide bonds. The lowest BCUT2D eigenvalue weighted by molar-refractivity contribution is 0.0700. The lowest BCUT2D eigenvalue weighted by Gasteiger charge is -2.27. The van der Waals surface area contributed by atoms with E-state index in [4.69, 9.17) is 15.5 Å². The highest BCUT2D eigenvalue weighted by molar-refractivity contribution is 6.00. The van der Waals surface area contributed by atoms with E-state index in [2.05, 4.69) is 54.5 Å². The van der Waals surface area contributed by atoms with Crippen molar-refractivity contribution in [3.63, 3.8) is 0 Å². The number of likely N-dealkylation sites (tertiary alicyclic amines) is 1. The van der Waals surface area contributed by atoms with Crippen LogP contribution in [-0.2, 0) is 13.1 Å². The molecule has 4 aromatic heterocycles. The first-order valence-corrected chi connectivity index (χ1v) is 16.1. The summed E-state index contributed by atoms with van der Waals surface area (Å²) < 4.78 is 12.3. The molecule has 2 bridgehead atoms. The molecule has 3 unspecified atom stereocenters. The van der Waals surface area contributed by atoms with Crippen molar-refractivity contribution in [2.75, 3.05) is 13.7 Å². The van der Waals surface area contributed by atoms with Gasteiger partial charge in [-0.1, -0.05) is 18.2 Å². The fraction of sp³-hybridized carbons (Fsp3) is 0.343. The summed E-state index contributed by atoms with van der Waals surface area (Å²) in [7, 11) is 1.66. The molecule has 1 aliphatic heterocycles. The molecule has 3 atom stereocenters. The second-order valence-electron chi connectivity index (χ2n) is 13.0. The highest BCUT2D eigenvalue weighted by atomic mass is 16.5. The van der Waals surface area contributed by atoms with Crippen LogP contribution in [0.25, 0.3) is 39.4 Å². The standard InChI is InChI=1S/C35H35N9O2/c1-46-30-15-25(34(45)42-20-24-9-10-28(42)31(24)36)13-26-32(30)43(18-22-16-39-44(19-22)35-37-11-4-12-38-35)33(40-26)29-14-23-5-2-3-6-27(23)41(29)17-21-7-8-21/h2-6,11-16,19,21,24,28,31H,7-10,17-18,20,36H2,1H3. The van der Waals surface area contributed by atoms with Gasteiger partial charge in [-0.15, -0.1) is 0 Å². The maximum Gasteiger partial charge on any atom is 0.254 e. The fourth-order valence-corrected chi connectivity index (χ4v) is 7.60. The third-order valence-electron chi connectivity index (χ3n) is 10.1. The van der Waals surface area contributed by atoms with Gasteiger partial charge in [-0.3, -0.25) is 4.79 Å². The van der Waals surface area contributed by atoms with Crippen molar-refractivity contribution in [1.29, 1.82) is 0 Å². The van der Waals surface area contributed by atoms with E-state index in [0.717, 1.165) is 42.0 Å². The number of nitrogens with two attached hydrogens (primary N) is 1. The number of para-hydroxylation sites is 1. The average molecular weight is 614 g/mol. The number of ether oxygens (including phenoxy) is 1. The summed E-state index contributed by atoms with van der Waals surface area (Å²) in [5.74, 6) is 2.96. The molecule has 5 heterocycles. The first-order valence-electron chi connectivity index (χ1n) is 16.1. The number of carbonyl (C=O) groups is 1. The summed E-state index contributed by atoms with van der Waals surface area (Å²) in [5.41, 5.74) is 11.8. The predicted molar refractivity (Wildman–Crippen MR) is 174 cm³/mol. The van der Waals surface area contributed by atoms with Crippen molar-refractivity contribution >= 4 is 27.8 Å². The Morgan fingerprint density at radius 1 is 1.02 bits per heavy atom. The number of benzene rings is 2. The van der Waals surface area contributed by atoms with Crippen LogP contribution in [0.15, 0.2) is 73.3 Å². The number of amides is 1. The zero-order valence-corrected chi connectivity index (χ0v) is 25.7. The van der Waals surface area contributed by atoms with Crippen molar-refractivity contribution in [2.45, 2.75) is 50.9 Å². The monoisotopic (exact) mass is 613 g/mol. The summed E-state index contributed by atoms with van der Waals surface area (Å²) in [6, 6.07) is 16.5. The molecule has 2 N–H and O–H groups in total. The fourth-order valence-electron chi connectivity index (χ4n) is 7.60. The third-order valence-corrected chi connectivity index (χ3v) is 10.1. The Morgan fingerprint density at radius 2 is 1.87 bits per heavy atom. The van der Waals surface area contributed by atoms with Gasteiger partial charge >= 0.3 is 0 Å². The van der Waals surface area contributed by atoms with Crippen molar-refractivity contribution in [3.05, 3.63) is 84.4 Å². The van der Waals surface area contributed by atoms with Crippen molar-refractivity contribution in [2.24, 2.45) is 17.6 Å². The zero-order chi connectivity index (χ0) is 30.9. The Morgan fingerprint density at radius 3 is 2.63 bits per heavy atom. The number of methoxy groups -OCH3 is 1. The molecule has 232 valence electrons. The van der Waals surface area contributed by atoms with Crippen LogP contribution >= 0.6 is 0 Å². The van der Waals surface area contributed by atoms with Gasteiger partial charge in [0.1, 0.15) is 11.3 Å². The molecule has 46 heavy (non-hydrogen) atoms. The van der Waals surface area contributed by atoms with E-state index < -0.39 is 0 Å². The molecule has 9 rings (SSSR count). The summed E-state index contributed by atoms with van der Waals surface area (Å²) in [5, 5.41) is 5.73. The SMILES string of the molecule is COc1cc(C(=O)N2CC3CCC2C3N)cc2nc(-c3cc4ccccc4n3CC3CC3)n(Cc3cnn(-c4ncccn4)c3)c12. The minimum atomic E-state index is -0.00839. The Bertz CT molecular complexity index is 2110. The number of piperidine rings is 1. The van der Waals surface area contributed by atoms with Gasteiger partial charge in [0.05, 0.1) is 31.1 Å². The Labute approximate surface area is 265 Å². The van der Waals surface area contributed by atoms with E-state index in [1.54, 1.807) is 30.3 Å². The van der Waals surface area contributed by atoms with Crippen LogP contribution in [0, 0.1) is 11.8 Å². The molecular weight excluding hydrogens is 578 g/mol. The van der Waals surface area contributed by atoms with Crippen LogP contribution in [-0.4, -0.2) is 70.4 Å². The minimum Gasteiger partial charge on any atom is -0.494 e. The lowest BCUT2D eigenvalue weighted by Crippen LogP contribution is -2.41. The highest BCUT2D eigenvalue weighted by Crippen LogP contribution is 2.40. The van der Waals surface area contributed by atoms with Crippen LogP contribution in [0.2, 0.25) is 0 Å². The molecule has 2 aliphatic carbocycles. The van der Waals surface area contributed by atoms with E-state index in [1.165, 1.54) is 23.7 Å². The van der Waals surface area contributed by atoms with E-state index in [0.29, 0.717) is 47.7 Å². The molecule has 1 saturated heterocycles. The number of nitrogens with zero attached hydrogens (tertiary/aromatic N) is 8. The molecule has 3 aliphatic rings. The van der Waals surface area contributed by atoms with Gasteiger partial charge in [0.15, 0.2) is 5.82 Å². The van der Waals surface area contributed by atoms with Crippen LogP contribution in [0.1, 0.15) is 41.6 Å². The quantitative estimate of drug-likeness (QED) is 0.265. The van der Waals surface area contributed by atoms with Crippen LogP contribution in [0.3, 0.4) is 0 Å². The number of hydrogen-bond donors (Lipinski definition) is 1. The molecule has 0 radical (unpaired) electrons. The molecule has 3 fully saturated rings. The van der Waals surface area contributed by atoms with E-state index in [1.807, 2.05) is 29.4 Å². The minimum absolute atomic E-state index is 0.00839. The Hall–Kier alpha value is -5.03. The summed E-state index contributed by atoms with van der Waals surface area (Å²) in [6.45, 7) is 2.13. The number of carbonyl (C=O) groups excluding carboxylic acids is 1. The van der Waals surface area contributed by atoms with Gasteiger partial charge in [-0.25, -0.2) is 19.6 Å². The number of rotatable bonds is 8. The second-order valence-corrected chi connectivity index (χ2v) is 13.0. The van der Waals surface area contributed by atoms with Gasteiger partial charge in [0.25, 0.3) is 5.91 Å². The average Bonchev–Trinajstić information content (AvgIpc) is 3.40. The van der Waals surface area contributed by atoms with Gasteiger partial charge in [-0.2, -0.15) is 5.10 Å². The summed E-state index contributed by atoms with van der Waals surface area (Å²) in [6.07, 6.45) is 11.7. The van der Waals surface area contributed by atoms with E-state index in [-0.39, 0.29) is 18.0 Å². The molecule has 11 nitrogen and oxygen atoms in total. The smallest absolute Gasteiger partial charge is 0.254 e. The normalized spacial score (nSPS) is 20.7.